The minimum absolute atomic E-state index is 0.0743. The van der Waals surface area contributed by atoms with Crippen LogP contribution in [0.25, 0.3) is 0 Å². The number of nitriles is 2. The molecule has 16 heavy (non-hydrogen) atoms. The van der Waals surface area contributed by atoms with E-state index in [9.17, 15) is 4.79 Å². The number of aldehydes is 1. The third-order valence-corrected chi connectivity index (χ3v) is 2.48. The summed E-state index contributed by atoms with van der Waals surface area (Å²) in [5.74, 6) is 0. The van der Waals surface area contributed by atoms with E-state index in [1.165, 1.54) is 0 Å². The van der Waals surface area contributed by atoms with Crippen LogP contribution in [-0.4, -0.2) is 19.4 Å². The van der Waals surface area contributed by atoms with Crippen LogP contribution in [0.4, 0.5) is 5.69 Å². The lowest BCUT2D eigenvalue weighted by molar-refractivity contribution is 0.112. The maximum atomic E-state index is 10.8. The Balaban J connectivity index is 3.17. The molecule has 0 heterocycles. The van der Waals surface area contributed by atoms with Gasteiger partial charge >= 0.3 is 0 Å². The fourth-order valence-corrected chi connectivity index (χ4v) is 1.64. The molecule has 0 fully saturated rings. The van der Waals surface area contributed by atoms with Gasteiger partial charge in [0.1, 0.15) is 13.1 Å². The van der Waals surface area contributed by atoms with E-state index in [2.05, 4.69) is 15.9 Å². The normalized spacial score (nSPS) is 8.94. The van der Waals surface area contributed by atoms with Crippen LogP contribution in [0.2, 0.25) is 0 Å². The van der Waals surface area contributed by atoms with Gasteiger partial charge in [0.25, 0.3) is 0 Å². The van der Waals surface area contributed by atoms with Gasteiger partial charge in [-0.05, 0) is 18.2 Å². The van der Waals surface area contributed by atoms with Gasteiger partial charge in [-0.15, -0.1) is 0 Å². The highest BCUT2D eigenvalue weighted by molar-refractivity contribution is 9.10. The topological polar surface area (TPSA) is 67.9 Å². The number of hydrogen-bond acceptors (Lipinski definition) is 4. The number of carbonyl (C=O) groups excluding carboxylic acids is 1. The first-order chi connectivity index (χ1) is 7.72. The summed E-state index contributed by atoms with van der Waals surface area (Å²) in [6.07, 6.45) is 0.712. The van der Waals surface area contributed by atoms with Gasteiger partial charge in [0.05, 0.1) is 17.8 Å². The summed E-state index contributed by atoms with van der Waals surface area (Å²) in [6.45, 7) is 0.149. The van der Waals surface area contributed by atoms with E-state index >= 15 is 0 Å². The maximum Gasteiger partial charge on any atom is 0.152 e. The van der Waals surface area contributed by atoms with Crippen molar-refractivity contribution in [1.82, 2.24) is 0 Å². The van der Waals surface area contributed by atoms with Gasteiger partial charge in [0.15, 0.2) is 6.29 Å². The first-order valence-corrected chi connectivity index (χ1v) is 5.25. The van der Waals surface area contributed by atoms with Crippen LogP contribution < -0.4 is 4.90 Å². The lowest BCUT2D eigenvalue weighted by Gasteiger charge is -2.19. The predicted molar refractivity (Wildman–Crippen MR) is 63.0 cm³/mol. The van der Waals surface area contributed by atoms with Gasteiger partial charge in [-0.2, -0.15) is 10.5 Å². The Morgan fingerprint density at radius 2 is 1.94 bits per heavy atom. The zero-order valence-electron chi connectivity index (χ0n) is 8.35. The second-order valence-electron chi connectivity index (χ2n) is 2.99. The minimum atomic E-state index is 0.0743. The molecule has 1 aromatic rings. The van der Waals surface area contributed by atoms with E-state index in [0.717, 1.165) is 4.47 Å². The zero-order valence-corrected chi connectivity index (χ0v) is 9.94. The molecule has 5 heteroatoms. The van der Waals surface area contributed by atoms with E-state index < -0.39 is 0 Å². The number of carbonyl (C=O) groups is 1. The average Bonchev–Trinajstić information content (AvgIpc) is 2.29. The first-order valence-electron chi connectivity index (χ1n) is 4.46. The third-order valence-electron chi connectivity index (χ3n) is 1.98. The largest absolute Gasteiger partial charge is 0.344 e. The molecule has 0 aliphatic carbocycles. The van der Waals surface area contributed by atoms with E-state index in [1.807, 2.05) is 12.1 Å². The van der Waals surface area contributed by atoms with Crippen molar-refractivity contribution < 1.29 is 4.79 Å². The van der Waals surface area contributed by atoms with Gasteiger partial charge in [-0.1, -0.05) is 15.9 Å². The fraction of sp³-hybridized carbons (Fsp3) is 0.182. The fourth-order valence-electron chi connectivity index (χ4n) is 1.29. The quantitative estimate of drug-likeness (QED) is 0.625. The number of halogens is 1. The zero-order chi connectivity index (χ0) is 12.0. The molecular weight excluding hydrogens is 270 g/mol. The summed E-state index contributed by atoms with van der Waals surface area (Å²) in [5.41, 5.74) is 1.06. The molecule has 0 aliphatic rings. The van der Waals surface area contributed by atoms with Gasteiger partial charge in [0, 0.05) is 10.0 Å². The summed E-state index contributed by atoms with van der Waals surface area (Å²) in [5, 5.41) is 17.3. The average molecular weight is 278 g/mol. The Hall–Kier alpha value is -1.85. The van der Waals surface area contributed by atoms with Gasteiger partial charge in [-0.25, -0.2) is 0 Å². The highest BCUT2D eigenvalue weighted by Gasteiger charge is 2.10. The van der Waals surface area contributed by atoms with Crippen LogP contribution in [-0.2, 0) is 0 Å². The van der Waals surface area contributed by atoms with Gasteiger partial charge < -0.3 is 4.90 Å². The summed E-state index contributed by atoms with van der Waals surface area (Å²) >= 11 is 3.29. The van der Waals surface area contributed by atoms with Crippen molar-refractivity contribution in [3.63, 3.8) is 0 Å². The maximum absolute atomic E-state index is 10.8. The number of anilines is 1. The first kappa shape index (κ1) is 12.2. The molecule has 0 atom stereocenters. The summed E-state index contributed by atoms with van der Waals surface area (Å²) < 4.78 is 0.800. The standard InChI is InChI=1S/C11H8BrN3O/c12-10-2-1-9(8-16)11(7-10)15(5-3-13)6-4-14/h1-2,7-8H,5-6H2. The summed E-state index contributed by atoms with van der Waals surface area (Å²) in [6, 6.07) is 9.04. The molecule has 1 aromatic carbocycles. The highest BCUT2D eigenvalue weighted by Crippen LogP contribution is 2.23. The third kappa shape index (κ3) is 2.82. The van der Waals surface area contributed by atoms with Gasteiger partial charge in [-0.3, -0.25) is 4.79 Å². The lowest BCUT2D eigenvalue weighted by atomic mass is 10.2. The van der Waals surface area contributed by atoms with Crippen molar-refractivity contribution in [2.24, 2.45) is 0 Å². The van der Waals surface area contributed by atoms with Gasteiger partial charge in [0.2, 0.25) is 0 Å². The van der Waals surface area contributed by atoms with Crippen molar-refractivity contribution in [3.8, 4) is 12.1 Å². The smallest absolute Gasteiger partial charge is 0.152 e. The number of nitrogens with zero attached hydrogens (tertiary/aromatic N) is 3. The van der Waals surface area contributed by atoms with Crippen LogP contribution in [0.1, 0.15) is 10.4 Å². The molecule has 0 bridgehead atoms. The molecule has 0 aromatic heterocycles. The molecule has 80 valence electrons. The lowest BCUT2D eigenvalue weighted by Crippen LogP contribution is -2.24. The van der Waals surface area contributed by atoms with E-state index in [0.29, 0.717) is 17.5 Å². The van der Waals surface area contributed by atoms with Crippen molar-refractivity contribution in [3.05, 3.63) is 28.2 Å². The van der Waals surface area contributed by atoms with Crippen molar-refractivity contribution in [1.29, 1.82) is 10.5 Å². The molecule has 0 saturated heterocycles. The van der Waals surface area contributed by atoms with Crippen LogP contribution in [0.15, 0.2) is 22.7 Å². The molecule has 0 aliphatic heterocycles. The van der Waals surface area contributed by atoms with Crippen molar-refractivity contribution >= 4 is 27.9 Å². The molecule has 0 saturated carbocycles. The number of hydrogen-bond donors (Lipinski definition) is 0. The second-order valence-corrected chi connectivity index (χ2v) is 3.91. The highest BCUT2D eigenvalue weighted by atomic mass is 79.9. The second kappa shape index (κ2) is 5.89. The summed E-state index contributed by atoms with van der Waals surface area (Å²) in [7, 11) is 0. The van der Waals surface area contributed by atoms with Crippen molar-refractivity contribution in [2.75, 3.05) is 18.0 Å². The van der Waals surface area contributed by atoms with E-state index in [1.54, 1.807) is 23.1 Å². The van der Waals surface area contributed by atoms with Crippen LogP contribution in [0.5, 0.6) is 0 Å². The van der Waals surface area contributed by atoms with E-state index in [-0.39, 0.29) is 13.1 Å². The Labute approximate surface area is 102 Å². The molecule has 0 amide bonds. The van der Waals surface area contributed by atoms with Crippen LogP contribution >= 0.6 is 15.9 Å². The molecule has 0 spiro atoms. The summed E-state index contributed by atoms with van der Waals surface area (Å²) in [4.78, 5) is 12.4. The molecular formula is C11H8BrN3O. The molecule has 4 nitrogen and oxygen atoms in total. The SMILES string of the molecule is N#CCN(CC#N)c1cc(Br)ccc1C=O. The van der Waals surface area contributed by atoms with Crippen molar-refractivity contribution in [2.45, 2.75) is 0 Å². The van der Waals surface area contributed by atoms with Crippen LogP contribution in [0, 0.1) is 22.7 Å². The van der Waals surface area contributed by atoms with E-state index in [4.69, 9.17) is 10.5 Å². The Morgan fingerprint density at radius 3 is 2.44 bits per heavy atom. The minimum Gasteiger partial charge on any atom is -0.344 e. The number of benzene rings is 1. The Bertz CT molecular complexity index is 457. The Morgan fingerprint density at radius 1 is 1.31 bits per heavy atom. The van der Waals surface area contributed by atoms with Crippen LogP contribution in [0.3, 0.4) is 0 Å². The molecule has 0 unspecified atom stereocenters. The number of rotatable bonds is 4. The predicted octanol–water partition coefficient (Wildman–Crippen LogP) is 2.12. The molecule has 0 N–H and O–H groups in total. The molecule has 1 rings (SSSR count). The monoisotopic (exact) mass is 277 g/mol. The Kier molecular flexibility index (Phi) is 4.50. The molecule has 0 radical (unpaired) electrons.